The van der Waals surface area contributed by atoms with Crippen molar-refractivity contribution in [3.63, 3.8) is 0 Å². The zero-order chi connectivity index (χ0) is 22.5. The monoisotopic (exact) mass is 529 g/mol. The highest BCUT2D eigenvalue weighted by molar-refractivity contribution is 9.10. The largest absolute Gasteiger partial charge is 0.273 e. The van der Waals surface area contributed by atoms with Crippen molar-refractivity contribution < 1.29 is 17.6 Å². The first-order chi connectivity index (χ1) is 14.6. The Balaban J connectivity index is 1.77. The number of carbonyl (C=O) groups is 1. The van der Waals surface area contributed by atoms with E-state index < -0.39 is 15.8 Å². The number of sulfonamides is 1. The van der Waals surface area contributed by atoms with E-state index in [1.807, 2.05) is 12.1 Å². The van der Waals surface area contributed by atoms with Crippen molar-refractivity contribution >= 4 is 54.8 Å². The molecule has 1 amide bonds. The number of halogens is 3. The molecule has 2 aromatic carbocycles. The average Bonchev–Trinajstić information content (AvgIpc) is 3.48. The molecule has 1 saturated heterocycles. The molecule has 1 heterocycles. The molecule has 0 radical (unpaired) electrons. The van der Waals surface area contributed by atoms with Crippen molar-refractivity contribution in [1.29, 1.82) is 0 Å². The van der Waals surface area contributed by atoms with Crippen molar-refractivity contribution in [2.24, 2.45) is 5.92 Å². The van der Waals surface area contributed by atoms with Crippen LogP contribution >= 0.6 is 27.5 Å². The quantitative estimate of drug-likeness (QED) is 0.549. The second-order valence-corrected chi connectivity index (χ2v) is 11.2. The van der Waals surface area contributed by atoms with Gasteiger partial charge in [0.15, 0.2) is 0 Å². The van der Waals surface area contributed by atoms with Gasteiger partial charge in [-0.15, -0.1) is 0 Å². The molecular weight excluding hydrogens is 509 g/mol. The summed E-state index contributed by atoms with van der Waals surface area (Å²) in [5, 5.41) is 3.77. The minimum atomic E-state index is -3.78. The molecule has 2 aromatic rings. The highest BCUT2D eigenvalue weighted by Gasteiger charge is 2.45. The molecule has 1 unspecified atom stereocenters. The summed E-state index contributed by atoms with van der Waals surface area (Å²) in [6.07, 6.45) is 3.65. The smallest absolute Gasteiger partial charge is 0.243 e. The zero-order valence-corrected chi connectivity index (χ0v) is 20.2. The Kier molecular flexibility index (Phi) is 6.06. The Bertz CT molecular complexity index is 1140. The molecule has 2 aliphatic rings. The number of hydrazine groups is 1. The molecule has 0 spiro atoms. The van der Waals surface area contributed by atoms with E-state index in [-0.39, 0.29) is 24.2 Å². The number of rotatable bonds is 6. The van der Waals surface area contributed by atoms with Crippen molar-refractivity contribution in [2.45, 2.75) is 31.8 Å². The summed E-state index contributed by atoms with van der Waals surface area (Å²) in [5.41, 5.74) is 1.17. The van der Waals surface area contributed by atoms with E-state index in [2.05, 4.69) is 15.9 Å². The highest BCUT2D eigenvalue weighted by atomic mass is 79.9. The van der Waals surface area contributed by atoms with Crippen LogP contribution in [0.2, 0.25) is 5.02 Å². The van der Waals surface area contributed by atoms with Crippen LogP contribution in [-0.4, -0.2) is 38.7 Å². The van der Waals surface area contributed by atoms with Gasteiger partial charge in [0, 0.05) is 24.5 Å². The van der Waals surface area contributed by atoms with Crippen LogP contribution in [0.1, 0.15) is 24.8 Å². The van der Waals surface area contributed by atoms with Crippen molar-refractivity contribution in [3.05, 3.63) is 57.3 Å². The Morgan fingerprint density at radius 3 is 2.55 bits per heavy atom. The van der Waals surface area contributed by atoms with E-state index in [0.717, 1.165) is 23.4 Å². The van der Waals surface area contributed by atoms with E-state index in [1.165, 1.54) is 23.2 Å². The fourth-order valence-corrected chi connectivity index (χ4v) is 5.34. The Morgan fingerprint density at radius 2 is 1.94 bits per heavy atom. The minimum absolute atomic E-state index is 0.0916. The maximum absolute atomic E-state index is 14.0. The molecular formula is C21H22BrClFN3O3S. The molecule has 0 bridgehead atoms. The number of carbonyl (C=O) groups excluding carboxylic acids is 1. The van der Waals surface area contributed by atoms with Gasteiger partial charge in [-0.05, 0) is 70.6 Å². The van der Waals surface area contributed by atoms with Crippen LogP contribution in [0, 0.1) is 11.7 Å². The summed E-state index contributed by atoms with van der Waals surface area (Å²) in [4.78, 5) is 12.9. The lowest BCUT2D eigenvalue weighted by Gasteiger charge is -2.33. The zero-order valence-electron chi connectivity index (χ0n) is 17.1. The third-order valence-electron chi connectivity index (χ3n) is 5.73. The second-order valence-electron chi connectivity index (χ2n) is 8.04. The van der Waals surface area contributed by atoms with Gasteiger partial charge in [0.25, 0.3) is 0 Å². The summed E-state index contributed by atoms with van der Waals surface area (Å²) in [7, 11) is -1.93. The Morgan fingerprint density at radius 1 is 1.23 bits per heavy atom. The van der Waals surface area contributed by atoms with E-state index in [4.69, 9.17) is 11.6 Å². The lowest BCUT2D eigenvalue weighted by atomic mass is 10.1. The highest BCUT2D eigenvalue weighted by Crippen LogP contribution is 2.44. The lowest BCUT2D eigenvalue weighted by molar-refractivity contribution is -0.117. The van der Waals surface area contributed by atoms with Crippen LogP contribution < -0.4 is 9.31 Å². The van der Waals surface area contributed by atoms with E-state index in [9.17, 15) is 17.6 Å². The lowest BCUT2D eigenvalue weighted by Crippen LogP contribution is -2.41. The summed E-state index contributed by atoms with van der Waals surface area (Å²) in [6.45, 7) is -0.103. The average molecular weight is 531 g/mol. The van der Waals surface area contributed by atoms with Gasteiger partial charge in [0.05, 0.1) is 28.6 Å². The van der Waals surface area contributed by atoms with Crippen molar-refractivity contribution in [2.75, 3.05) is 22.6 Å². The van der Waals surface area contributed by atoms with Crippen LogP contribution in [-0.2, 0) is 21.4 Å². The number of hydrogen-bond donors (Lipinski definition) is 0. The van der Waals surface area contributed by atoms with Crippen LogP contribution in [0.25, 0.3) is 0 Å². The van der Waals surface area contributed by atoms with E-state index >= 15 is 0 Å². The standard InChI is InChI=1S/C21H22BrClFN3O3S/c1-25-19(14-4-5-14)11-21(28)27(25)18-8-6-15(23)10-20(18)26(31(2,29)30)12-13-3-7-16(22)17(24)9-13/h3,6-10,14,19H,4-5,11-12H2,1-2H3. The normalized spacial score (nSPS) is 19.8. The maximum Gasteiger partial charge on any atom is 0.243 e. The molecule has 0 N–H and O–H groups in total. The topological polar surface area (TPSA) is 60.9 Å². The molecule has 31 heavy (non-hydrogen) atoms. The third kappa shape index (κ3) is 4.60. The molecule has 2 fully saturated rings. The maximum atomic E-state index is 14.0. The molecule has 1 aliphatic heterocycles. The third-order valence-corrected chi connectivity index (χ3v) is 7.73. The predicted molar refractivity (Wildman–Crippen MR) is 123 cm³/mol. The van der Waals surface area contributed by atoms with Gasteiger partial charge in [0.1, 0.15) is 5.82 Å². The molecule has 1 atom stereocenters. The van der Waals surface area contributed by atoms with Crippen LogP contribution in [0.4, 0.5) is 15.8 Å². The molecule has 10 heteroatoms. The number of hydrogen-bond acceptors (Lipinski definition) is 4. The molecule has 4 rings (SSSR count). The van der Waals surface area contributed by atoms with Gasteiger partial charge in [0.2, 0.25) is 15.9 Å². The first kappa shape index (κ1) is 22.5. The Labute approximate surface area is 194 Å². The van der Waals surface area contributed by atoms with Crippen LogP contribution in [0.3, 0.4) is 0 Å². The molecule has 0 aromatic heterocycles. The number of amides is 1. The van der Waals surface area contributed by atoms with E-state index in [1.54, 1.807) is 18.2 Å². The summed E-state index contributed by atoms with van der Waals surface area (Å²) >= 11 is 9.33. The van der Waals surface area contributed by atoms with Crippen LogP contribution in [0.15, 0.2) is 40.9 Å². The van der Waals surface area contributed by atoms with E-state index in [0.29, 0.717) is 33.1 Å². The summed E-state index contributed by atoms with van der Waals surface area (Å²) in [6, 6.07) is 9.37. The number of benzene rings is 2. The molecule has 1 saturated carbocycles. The van der Waals surface area contributed by atoms with Crippen molar-refractivity contribution in [1.82, 2.24) is 5.01 Å². The number of nitrogens with zero attached hydrogens (tertiary/aromatic N) is 3. The first-order valence-corrected chi connectivity index (χ1v) is 12.8. The van der Waals surface area contributed by atoms with Gasteiger partial charge in [-0.1, -0.05) is 17.7 Å². The van der Waals surface area contributed by atoms with Gasteiger partial charge in [-0.3, -0.25) is 9.10 Å². The molecule has 6 nitrogen and oxygen atoms in total. The van der Waals surface area contributed by atoms with Crippen LogP contribution in [0.5, 0.6) is 0 Å². The predicted octanol–water partition coefficient (Wildman–Crippen LogP) is 4.57. The van der Waals surface area contributed by atoms with Crippen molar-refractivity contribution in [3.8, 4) is 0 Å². The second kappa shape index (κ2) is 8.35. The van der Waals surface area contributed by atoms with Gasteiger partial charge < -0.3 is 0 Å². The summed E-state index contributed by atoms with van der Waals surface area (Å²) in [5.74, 6) is -0.100. The fourth-order valence-electron chi connectivity index (χ4n) is 4.04. The first-order valence-electron chi connectivity index (χ1n) is 9.83. The molecule has 166 valence electrons. The fraction of sp³-hybridized carbons (Fsp3) is 0.381. The number of anilines is 2. The summed E-state index contributed by atoms with van der Waals surface area (Å²) < 4.78 is 41.0. The van der Waals surface area contributed by atoms with Gasteiger partial charge >= 0.3 is 0 Å². The SMILES string of the molecule is CN1C(C2CC2)CC(=O)N1c1ccc(Cl)cc1N(Cc1ccc(Br)c(F)c1)S(C)(=O)=O. The minimum Gasteiger partial charge on any atom is -0.273 e. The van der Waals surface area contributed by atoms with Gasteiger partial charge in [-0.25, -0.2) is 22.8 Å². The Hall–Kier alpha value is -1.68. The van der Waals surface area contributed by atoms with Gasteiger partial charge in [-0.2, -0.15) is 0 Å². The molecule has 1 aliphatic carbocycles.